The second-order valence-electron chi connectivity index (χ2n) is 7.85. The highest BCUT2D eigenvalue weighted by Gasteiger charge is 2.48. The summed E-state index contributed by atoms with van der Waals surface area (Å²) in [5, 5.41) is 3.65. The van der Waals surface area contributed by atoms with E-state index < -0.39 is 29.9 Å². The molecule has 34 heavy (non-hydrogen) atoms. The van der Waals surface area contributed by atoms with Gasteiger partial charge in [0, 0.05) is 9.81 Å². The molecular formula is C26H26FN3O3S. The van der Waals surface area contributed by atoms with Crippen LogP contribution in [0.25, 0.3) is 10.4 Å². The Morgan fingerprint density at radius 1 is 0.824 bits per heavy atom. The molecule has 8 heteroatoms. The molecule has 176 valence electrons. The van der Waals surface area contributed by atoms with Crippen LogP contribution < -0.4 is 0 Å². The zero-order chi connectivity index (χ0) is 23.6. The van der Waals surface area contributed by atoms with Gasteiger partial charge in [-0.3, -0.25) is 0 Å². The molecule has 0 aliphatic carbocycles. The molecular weight excluding hydrogens is 453 g/mol. The standard InChI is InChI=1S/C26H26FN3O3S/c27-23-24(31-17-19-10-4-1-5-11-19)22(16-29-30-28)33-26(34-21-14-8-3-9-15-21)25(23)32-18-20-12-6-2-7-13-20/h1-15,22-26H,16-18H2/t22-,23+,24-,25-,26+/m1/s1. The van der Waals surface area contributed by atoms with Gasteiger partial charge in [0.1, 0.15) is 17.6 Å². The van der Waals surface area contributed by atoms with Crippen molar-refractivity contribution in [2.24, 2.45) is 5.11 Å². The van der Waals surface area contributed by atoms with Crippen molar-refractivity contribution in [1.29, 1.82) is 0 Å². The SMILES string of the molecule is [N-]=[N+]=NC[C@H]1O[C@@H](Sc2ccccc2)[C@H](OCc2ccccc2)[C@@H](F)[C@@H]1OCc1ccccc1. The van der Waals surface area contributed by atoms with E-state index in [0.29, 0.717) is 0 Å². The third kappa shape index (κ3) is 6.59. The van der Waals surface area contributed by atoms with E-state index in [0.717, 1.165) is 16.0 Å². The van der Waals surface area contributed by atoms with Gasteiger partial charge in [0.05, 0.1) is 25.9 Å². The van der Waals surface area contributed by atoms with Crippen LogP contribution in [0.4, 0.5) is 4.39 Å². The summed E-state index contributed by atoms with van der Waals surface area (Å²) in [5.41, 5.74) is 10.1. The molecule has 1 saturated heterocycles. The van der Waals surface area contributed by atoms with Crippen molar-refractivity contribution in [2.45, 2.75) is 48.0 Å². The van der Waals surface area contributed by atoms with Gasteiger partial charge in [-0.15, -0.1) is 0 Å². The first-order valence-electron chi connectivity index (χ1n) is 11.1. The van der Waals surface area contributed by atoms with Crippen LogP contribution in [0.3, 0.4) is 0 Å². The van der Waals surface area contributed by atoms with Crippen molar-refractivity contribution in [3.63, 3.8) is 0 Å². The molecule has 1 aliphatic rings. The number of hydrogen-bond acceptors (Lipinski definition) is 5. The highest BCUT2D eigenvalue weighted by molar-refractivity contribution is 7.99. The van der Waals surface area contributed by atoms with Gasteiger partial charge in [-0.25, -0.2) is 4.39 Å². The summed E-state index contributed by atoms with van der Waals surface area (Å²) >= 11 is 1.39. The van der Waals surface area contributed by atoms with Gasteiger partial charge in [0.2, 0.25) is 0 Å². The Hall–Kier alpha value is -2.87. The van der Waals surface area contributed by atoms with Crippen molar-refractivity contribution >= 4 is 11.8 Å². The van der Waals surface area contributed by atoms with Gasteiger partial charge >= 0.3 is 0 Å². The number of azide groups is 1. The predicted molar refractivity (Wildman–Crippen MR) is 130 cm³/mol. The summed E-state index contributed by atoms with van der Waals surface area (Å²) in [7, 11) is 0. The van der Waals surface area contributed by atoms with E-state index in [1.165, 1.54) is 11.8 Å². The molecule has 0 aromatic heterocycles. The van der Waals surface area contributed by atoms with E-state index in [1.54, 1.807) is 0 Å². The summed E-state index contributed by atoms with van der Waals surface area (Å²) in [6, 6.07) is 28.8. The molecule has 0 saturated carbocycles. The van der Waals surface area contributed by atoms with Crippen LogP contribution in [-0.4, -0.2) is 36.5 Å². The number of halogens is 1. The minimum absolute atomic E-state index is 0.0341. The Bertz CT molecular complexity index is 1050. The Balaban J connectivity index is 1.55. The fourth-order valence-electron chi connectivity index (χ4n) is 3.76. The second-order valence-corrected chi connectivity index (χ2v) is 9.03. The van der Waals surface area contributed by atoms with Crippen molar-refractivity contribution in [1.82, 2.24) is 0 Å². The number of hydrogen-bond donors (Lipinski definition) is 0. The molecule has 1 heterocycles. The molecule has 1 fully saturated rings. The number of alkyl halides is 1. The van der Waals surface area contributed by atoms with E-state index in [-0.39, 0.29) is 19.8 Å². The van der Waals surface area contributed by atoms with Crippen molar-refractivity contribution < 1.29 is 18.6 Å². The first-order chi connectivity index (χ1) is 16.7. The summed E-state index contributed by atoms with van der Waals surface area (Å²) in [4.78, 5) is 3.77. The van der Waals surface area contributed by atoms with Gasteiger partial charge < -0.3 is 14.2 Å². The highest BCUT2D eigenvalue weighted by Crippen LogP contribution is 2.37. The van der Waals surface area contributed by atoms with Crippen LogP contribution in [0.1, 0.15) is 11.1 Å². The highest BCUT2D eigenvalue weighted by atomic mass is 32.2. The Kier molecular flexibility index (Phi) is 8.96. The molecule has 0 spiro atoms. The summed E-state index contributed by atoms with van der Waals surface area (Å²) in [6.07, 6.45) is -4.05. The predicted octanol–water partition coefficient (Wildman–Crippen LogP) is 6.32. The van der Waals surface area contributed by atoms with Gasteiger partial charge in [-0.1, -0.05) is 95.7 Å². The smallest absolute Gasteiger partial charge is 0.158 e. The second kappa shape index (κ2) is 12.6. The fourth-order valence-corrected chi connectivity index (χ4v) is 4.91. The number of nitrogens with zero attached hydrogens (tertiary/aromatic N) is 3. The van der Waals surface area contributed by atoms with E-state index >= 15 is 4.39 Å². The summed E-state index contributed by atoms with van der Waals surface area (Å²) < 4.78 is 34.4. The minimum Gasteiger partial charge on any atom is -0.368 e. The Morgan fingerprint density at radius 3 is 1.91 bits per heavy atom. The van der Waals surface area contributed by atoms with E-state index in [4.69, 9.17) is 19.7 Å². The largest absolute Gasteiger partial charge is 0.368 e. The quantitative estimate of drug-likeness (QED) is 0.194. The lowest BCUT2D eigenvalue weighted by atomic mass is 10.0. The molecule has 1 aliphatic heterocycles. The zero-order valence-electron chi connectivity index (χ0n) is 18.5. The molecule has 4 rings (SSSR count). The fraction of sp³-hybridized carbons (Fsp3) is 0.308. The normalized spacial score (nSPS) is 24.3. The topological polar surface area (TPSA) is 76.5 Å². The molecule has 5 atom stereocenters. The van der Waals surface area contributed by atoms with Crippen molar-refractivity contribution in [2.75, 3.05) is 6.54 Å². The number of rotatable bonds is 10. The lowest BCUT2D eigenvalue weighted by Crippen LogP contribution is -2.57. The number of ether oxygens (including phenoxy) is 3. The Morgan fingerprint density at radius 2 is 1.35 bits per heavy atom. The van der Waals surface area contributed by atoms with Crippen LogP contribution in [0.15, 0.2) is 101 Å². The van der Waals surface area contributed by atoms with Crippen LogP contribution in [0.2, 0.25) is 0 Å². The van der Waals surface area contributed by atoms with E-state index in [1.807, 2.05) is 91.0 Å². The Labute approximate surface area is 202 Å². The molecule has 0 bridgehead atoms. The van der Waals surface area contributed by atoms with Gasteiger partial charge in [-0.05, 0) is 28.8 Å². The first-order valence-corrected chi connectivity index (χ1v) is 12.0. The molecule has 3 aromatic rings. The van der Waals surface area contributed by atoms with Gasteiger partial charge in [0.15, 0.2) is 6.17 Å². The van der Waals surface area contributed by atoms with Crippen LogP contribution >= 0.6 is 11.8 Å². The lowest BCUT2D eigenvalue weighted by Gasteiger charge is -2.42. The van der Waals surface area contributed by atoms with Gasteiger partial charge in [-0.2, -0.15) is 0 Å². The number of benzene rings is 3. The maximum absolute atomic E-state index is 16.1. The van der Waals surface area contributed by atoms with Crippen molar-refractivity contribution in [3.05, 3.63) is 113 Å². The average Bonchev–Trinajstić information content (AvgIpc) is 2.88. The minimum atomic E-state index is -1.48. The monoisotopic (exact) mass is 479 g/mol. The summed E-state index contributed by atoms with van der Waals surface area (Å²) in [5.74, 6) is 0. The summed E-state index contributed by atoms with van der Waals surface area (Å²) in [6.45, 7) is 0.422. The van der Waals surface area contributed by atoms with Gasteiger partial charge in [0.25, 0.3) is 0 Å². The van der Waals surface area contributed by atoms with Crippen LogP contribution in [0.5, 0.6) is 0 Å². The van der Waals surface area contributed by atoms with Crippen LogP contribution in [-0.2, 0) is 27.4 Å². The lowest BCUT2D eigenvalue weighted by molar-refractivity contribution is -0.209. The molecule has 0 amide bonds. The molecule has 6 nitrogen and oxygen atoms in total. The molecule has 3 aromatic carbocycles. The van der Waals surface area contributed by atoms with Crippen LogP contribution in [0, 0.1) is 0 Å². The average molecular weight is 480 g/mol. The third-order valence-corrected chi connectivity index (χ3v) is 6.62. The zero-order valence-corrected chi connectivity index (χ0v) is 19.3. The maximum atomic E-state index is 16.1. The molecule has 0 N–H and O–H groups in total. The maximum Gasteiger partial charge on any atom is 0.158 e. The van der Waals surface area contributed by atoms with E-state index in [9.17, 15) is 0 Å². The van der Waals surface area contributed by atoms with Crippen molar-refractivity contribution in [3.8, 4) is 0 Å². The first kappa shape index (κ1) is 24.3. The number of thioether (sulfide) groups is 1. The molecule has 0 radical (unpaired) electrons. The third-order valence-electron chi connectivity index (χ3n) is 5.46. The molecule has 0 unspecified atom stereocenters. The van der Waals surface area contributed by atoms with E-state index in [2.05, 4.69) is 10.0 Å².